The fourth-order valence-electron chi connectivity index (χ4n) is 2.70. The molecule has 5 nitrogen and oxygen atoms in total. The van der Waals surface area contributed by atoms with Crippen LogP contribution in [-0.4, -0.2) is 13.5 Å². The number of aromatic nitrogens is 3. The topological polar surface area (TPSA) is 56.9 Å². The van der Waals surface area contributed by atoms with E-state index in [0.717, 1.165) is 16.3 Å². The number of benzene rings is 1. The monoisotopic (exact) mass is 369 g/mol. The van der Waals surface area contributed by atoms with Gasteiger partial charge in [0.15, 0.2) is 0 Å². The molecule has 132 valence electrons. The Labute approximate surface area is 144 Å². The lowest BCUT2D eigenvalue weighted by Crippen LogP contribution is -2.40. The van der Waals surface area contributed by atoms with E-state index in [1.54, 1.807) is 18.2 Å². The molecular weight excluding hydrogens is 355 g/mol. The Bertz CT molecular complexity index is 1080. The zero-order chi connectivity index (χ0) is 18.5. The van der Waals surface area contributed by atoms with Gasteiger partial charge >= 0.3 is 11.9 Å². The predicted octanol–water partition coefficient (Wildman–Crippen LogP) is 3.29. The number of fused-ring (bicyclic) bond motifs is 1. The molecule has 0 bridgehead atoms. The van der Waals surface area contributed by atoms with Gasteiger partial charge < -0.3 is 0 Å². The molecule has 0 unspecified atom stereocenters. The Morgan fingerprint density at radius 2 is 1.88 bits per heavy atom. The Morgan fingerprint density at radius 3 is 2.48 bits per heavy atom. The molecule has 0 saturated carbocycles. The molecule has 2 heterocycles. The van der Waals surface area contributed by atoms with Crippen molar-refractivity contribution in [3.8, 4) is 5.69 Å². The molecule has 0 aliphatic carbocycles. The van der Waals surface area contributed by atoms with E-state index in [0.29, 0.717) is 21.7 Å². The van der Waals surface area contributed by atoms with E-state index in [4.69, 9.17) is 0 Å². The molecule has 0 fully saturated rings. The standard InChI is InChI=1S/C16H14F3N3O2S/c1-8(2)14-13-9(5-4-6-10(13)25-20-14)22-12(23)7-11(16(17,18)19)21(3)15(22)24/h4-8H,1-3H3. The van der Waals surface area contributed by atoms with Gasteiger partial charge in [-0.05, 0) is 29.6 Å². The van der Waals surface area contributed by atoms with Crippen LogP contribution in [0, 0.1) is 0 Å². The van der Waals surface area contributed by atoms with Crippen LogP contribution in [0.2, 0.25) is 0 Å². The Morgan fingerprint density at radius 1 is 1.20 bits per heavy atom. The Balaban J connectivity index is 2.42. The van der Waals surface area contributed by atoms with E-state index in [-0.39, 0.29) is 11.6 Å². The highest BCUT2D eigenvalue weighted by molar-refractivity contribution is 7.13. The largest absolute Gasteiger partial charge is 0.431 e. The van der Waals surface area contributed by atoms with Gasteiger partial charge in [-0.15, -0.1) is 0 Å². The van der Waals surface area contributed by atoms with Gasteiger partial charge in [-0.2, -0.15) is 17.5 Å². The lowest BCUT2D eigenvalue weighted by molar-refractivity contribution is -0.144. The van der Waals surface area contributed by atoms with Gasteiger partial charge in [-0.25, -0.2) is 9.36 Å². The van der Waals surface area contributed by atoms with Crippen LogP contribution in [0.1, 0.15) is 31.2 Å². The van der Waals surface area contributed by atoms with Crippen molar-refractivity contribution >= 4 is 21.6 Å². The normalized spacial score (nSPS) is 12.3. The number of rotatable bonds is 2. The third-order valence-corrected chi connectivity index (χ3v) is 4.73. The second-order valence-corrected chi connectivity index (χ2v) is 6.72. The summed E-state index contributed by atoms with van der Waals surface area (Å²) in [5.74, 6) is 0.0314. The Kier molecular flexibility index (Phi) is 4.06. The van der Waals surface area contributed by atoms with Gasteiger partial charge in [-0.3, -0.25) is 9.36 Å². The highest BCUT2D eigenvalue weighted by Crippen LogP contribution is 2.32. The highest BCUT2D eigenvalue weighted by Gasteiger charge is 2.35. The fraction of sp³-hybridized carbons (Fsp3) is 0.312. The van der Waals surface area contributed by atoms with Crippen molar-refractivity contribution in [2.45, 2.75) is 25.9 Å². The minimum Gasteiger partial charge on any atom is -0.292 e. The first-order valence-corrected chi connectivity index (χ1v) is 8.19. The molecule has 0 radical (unpaired) electrons. The van der Waals surface area contributed by atoms with Crippen molar-refractivity contribution in [2.75, 3.05) is 0 Å². The number of nitrogens with zero attached hydrogens (tertiary/aromatic N) is 3. The summed E-state index contributed by atoms with van der Waals surface area (Å²) in [6.07, 6.45) is -4.79. The molecule has 9 heteroatoms. The van der Waals surface area contributed by atoms with Crippen LogP contribution in [0.5, 0.6) is 0 Å². The molecule has 0 spiro atoms. The predicted molar refractivity (Wildman–Crippen MR) is 89.5 cm³/mol. The molecule has 2 aromatic heterocycles. The van der Waals surface area contributed by atoms with Crippen molar-refractivity contribution in [3.05, 3.63) is 56.5 Å². The first-order chi connectivity index (χ1) is 11.6. The molecule has 0 atom stereocenters. The third-order valence-electron chi connectivity index (χ3n) is 3.90. The van der Waals surface area contributed by atoms with Gasteiger partial charge in [0.25, 0.3) is 5.56 Å². The summed E-state index contributed by atoms with van der Waals surface area (Å²) in [7, 11) is 0.996. The number of hydrogen-bond donors (Lipinski definition) is 0. The van der Waals surface area contributed by atoms with Crippen molar-refractivity contribution in [1.82, 2.24) is 13.5 Å². The SMILES string of the molecule is CC(C)c1nsc2cccc(-n3c(=O)cc(C(F)(F)F)n(C)c3=O)c12. The zero-order valence-electron chi connectivity index (χ0n) is 13.6. The maximum Gasteiger partial charge on any atom is 0.431 e. The number of hydrogen-bond acceptors (Lipinski definition) is 4. The van der Waals surface area contributed by atoms with Crippen molar-refractivity contribution in [3.63, 3.8) is 0 Å². The van der Waals surface area contributed by atoms with Gasteiger partial charge in [-0.1, -0.05) is 19.9 Å². The fourth-order valence-corrected chi connectivity index (χ4v) is 3.64. The van der Waals surface area contributed by atoms with Crippen LogP contribution < -0.4 is 11.2 Å². The summed E-state index contributed by atoms with van der Waals surface area (Å²) < 4.78 is 45.3. The highest BCUT2D eigenvalue weighted by atomic mass is 32.1. The van der Waals surface area contributed by atoms with Crippen LogP contribution in [0.4, 0.5) is 13.2 Å². The number of alkyl halides is 3. The summed E-state index contributed by atoms with van der Waals surface area (Å²) >= 11 is 1.22. The summed E-state index contributed by atoms with van der Waals surface area (Å²) in [6, 6.07) is 5.42. The minimum atomic E-state index is -4.79. The van der Waals surface area contributed by atoms with Crippen LogP contribution in [0.3, 0.4) is 0 Å². The van der Waals surface area contributed by atoms with E-state index in [9.17, 15) is 22.8 Å². The van der Waals surface area contributed by atoms with E-state index >= 15 is 0 Å². The lowest BCUT2D eigenvalue weighted by Gasteiger charge is -2.15. The van der Waals surface area contributed by atoms with Crippen molar-refractivity contribution < 1.29 is 13.2 Å². The smallest absolute Gasteiger partial charge is 0.292 e. The molecule has 0 saturated heterocycles. The molecule has 1 aromatic carbocycles. The second-order valence-electron chi connectivity index (χ2n) is 5.92. The van der Waals surface area contributed by atoms with Gasteiger partial charge in [0.2, 0.25) is 0 Å². The average molecular weight is 369 g/mol. The van der Waals surface area contributed by atoms with Crippen molar-refractivity contribution in [1.29, 1.82) is 0 Å². The molecule has 25 heavy (non-hydrogen) atoms. The van der Waals surface area contributed by atoms with Gasteiger partial charge in [0.05, 0.1) is 16.1 Å². The molecule has 0 amide bonds. The number of halogens is 3. The first-order valence-electron chi connectivity index (χ1n) is 7.42. The molecule has 0 N–H and O–H groups in total. The lowest BCUT2D eigenvalue weighted by atomic mass is 10.0. The minimum absolute atomic E-state index is 0.0314. The molecule has 0 aliphatic rings. The van der Waals surface area contributed by atoms with E-state index in [1.807, 2.05) is 13.8 Å². The average Bonchev–Trinajstić information content (AvgIpc) is 2.95. The maximum absolute atomic E-state index is 13.0. The van der Waals surface area contributed by atoms with E-state index < -0.39 is 23.1 Å². The molecule has 3 rings (SSSR count). The van der Waals surface area contributed by atoms with Crippen LogP contribution in [-0.2, 0) is 13.2 Å². The Hall–Kier alpha value is -2.42. The summed E-state index contributed by atoms with van der Waals surface area (Å²) in [5, 5.41) is 0.612. The quantitative estimate of drug-likeness (QED) is 0.697. The van der Waals surface area contributed by atoms with Crippen LogP contribution >= 0.6 is 11.5 Å². The van der Waals surface area contributed by atoms with Crippen molar-refractivity contribution in [2.24, 2.45) is 7.05 Å². The van der Waals surface area contributed by atoms with Gasteiger partial charge in [0, 0.05) is 18.5 Å². The molecule has 3 aromatic rings. The summed E-state index contributed by atoms with van der Waals surface area (Å²) in [4.78, 5) is 24.9. The zero-order valence-corrected chi connectivity index (χ0v) is 14.4. The third kappa shape index (κ3) is 2.78. The van der Waals surface area contributed by atoms with E-state index in [1.165, 1.54) is 11.5 Å². The van der Waals surface area contributed by atoms with Crippen LogP contribution in [0.15, 0.2) is 33.9 Å². The maximum atomic E-state index is 13.0. The van der Waals surface area contributed by atoms with E-state index in [2.05, 4.69) is 4.37 Å². The molecular formula is C16H14F3N3O2S. The summed E-state index contributed by atoms with van der Waals surface area (Å²) in [6.45, 7) is 3.83. The van der Waals surface area contributed by atoms with Crippen LogP contribution in [0.25, 0.3) is 15.8 Å². The summed E-state index contributed by atoms with van der Waals surface area (Å²) in [5.41, 5.74) is -2.41. The first kappa shape index (κ1) is 17.4. The molecule has 0 aliphatic heterocycles. The van der Waals surface area contributed by atoms with Gasteiger partial charge in [0.1, 0.15) is 5.69 Å². The second kappa shape index (κ2) is 5.83.